The van der Waals surface area contributed by atoms with Crippen LogP contribution in [0.3, 0.4) is 0 Å². The third-order valence-electron chi connectivity index (χ3n) is 5.17. The van der Waals surface area contributed by atoms with Gasteiger partial charge in [0.1, 0.15) is 17.1 Å². The first-order chi connectivity index (χ1) is 15.4. The van der Waals surface area contributed by atoms with Crippen LogP contribution in [0, 0.1) is 0 Å². The van der Waals surface area contributed by atoms with E-state index in [2.05, 4.69) is 14.3 Å². The summed E-state index contributed by atoms with van der Waals surface area (Å²) in [6, 6.07) is 17.6. The van der Waals surface area contributed by atoms with Gasteiger partial charge in [0.05, 0.1) is 23.9 Å². The normalized spacial score (nSPS) is 11.9. The lowest BCUT2D eigenvalue weighted by molar-refractivity contribution is 0.309. The average molecular weight is 454 g/mol. The zero-order valence-corrected chi connectivity index (χ0v) is 18.8. The quantitative estimate of drug-likeness (QED) is 0.357. The van der Waals surface area contributed by atoms with E-state index in [9.17, 15) is 8.42 Å². The number of nitrogens with one attached hydrogen (secondary N) is 1. The van der Waals surface area contributed by atoms with Gasteiger partial charge in [-0.05, 0) is 31.0 Å². The highest BCUT2D eigenvalue weighted by atomic mass is 32.2. The van der Waals surface area contributed by atoms with Crippen LogP contribution in [0.15, 0.2) is 54.6 Å². The van der Waals surface area contributed by atoms with Crippen molar-refractivity contribution in [1.29, 1.82) is 0 Å². The van der Waals surface area contributed by atoms with E-state index in [1.54, 1.807) is 0 Å². The van der Waals surface area contributed by atoms with Crippen LogP contribution in [0.1, 0.15) is 18.7 Å². The highest BCUT2D eigenvalue weighted by molar-refractivity contribution is 7.88. The average Bonchev–Trinajstić information content (AvgIpc) is 3.14. The van der Waals surface area contributed by atoms with E-state index in [1.165, 1.54) is 0 Å². The molecule has 0 aliphatic rings. The molecule has 0 radical (unpaired) electrons. The molecule has 0 spiro atoms. The molecule has 32 heavy (non-hydrogen) atoms. The van der Waals surface area contributed by atoms with E-state index < -0.39 is 10.0 Å². The molecule has 8 nitrogen and oxygen atoms in total. The summed E-state index contributed by atoms with van der Waals surface area (Å²) >= 11 is 0. The maximum absolute atomic E-state index is 11.4. The smallest absolute Gasteiger partial charge is 0.208 e. The molecule has 0 saturated heterocycles. The van der Waals surface area contributed by atoms with Gasteiger partial charge in [-0.1, -0.05) is 36.4 Å². The van der Waals surface area contributed by atoms with E-state index in [1.807, 2.05) is 54.6 Å². The highest BCUT2D eigenvalue weighted by Gasteiger charge is 2.17. The molecule has 0 atom stereocenters. The van der Waals surface area contributed by atoms with E-state index in [0.29, 0.717) is 43.9 Å². The topological polar surface area (TPSA) is 112 Å². The molecule has 3 N–H and O–H groups in total. The van der Waals surface area contributed by atoms with Crippen LogP contribution in [0.2, 0.25) is 0 Å². The van der Waals surface area contributed by atoms with Crippen LogP contribution in [0.5, 0.6) is 5.75 Å². The van der Waals surface area contributed by atoms with Crippen molar-refractivity contribution in [1.82, 2.24) is 19.3 Å². The largest absolute Gasteiger partial charge is 0.494 e. The van der Waals surface area contributed by atoms with E-state index in [0.717, 1.165) is 40.7 Å². The molecular weight excluding hydrogens is 426 g/mol. The molecule has 0 amide bonds. The summed E-state index contributed by atoms with van der Waals surface area (Å²) in [7, 11) is -3.22. The zero-order valence-electron chi connectivity index (χ0n) is 18.0. The van der Waals surface area contributed by atoms with E-state index in [-0.39, 0.29) is 0 Å². The molecule has 0 aliphatic carbocycles. The number of benzene rings is 2. The molecule has 0 saturated carbocycles. The summed E-state index contributed by atoms with van der Waals surface area (Å²) in [6.45, 7) is 1.53. The SMILES string of the molecule is CS(=O)(=O)NCCCn1c(CCCOc2ccccc2)nc2c(N)nc3ccccc3c21. The second kappa shape index (κ2) is 9.54. The first-order valence-corrected chi connectivity index (χ1v) is 12.5. The van der Waals surface area contributed by atoms with Crippen molar-refractivity contribution in [2.75, 3.05) is 25.1 Å². The second-order valence-electron chi connectivity index (χ2n) is 7.68. The fourth-order valence-corrected chi connectivity index (χ4v) is 4.28. The Morgan fingerprint density at radius 3 is 2.56 bits per heavy atom. The lowest BCUT2D eigenvalue weighted by atomic mass is 10.2. The fourth-order valence-electron chi connectivity index (χ4n) is 3.77. The Labute approximate surface area is 187 Å². The van der Waals surface area contributed by atoms with Crippen molar-refractivity contribution in [3.05, 3.63) is 60.4 Å². The van der Waals surface area contributed by atoms with Gasteiger partial charge < -0.3 is 15.0 Å². The molecule has 2 aromatic heterocycles. The molecular formula is C23H27N5O3S. The summed E-state index contributed by atoms with van der Waals surface area (Å²) < 4.78 is 33.3. The van der Waals surface area contributed by atoms with Gasteiger partial charge in [0.15, 0.2) is 5.82 Å². The number of pyridine rings is 1. The number of rotatable bonds is 10. The number of fused-ring (bicyclic) bond motifs is 3. The molecule has 0 aliphatic heterocycles. The number of para-hydroxylation sites is 2. The fraction of sp³-hybridized carbons (Fsp3) is 0.304. The first-order valence-electron chi connectivity index (χ1n) is 10.6. The number of nitrogens with zero attached hydrogens (tertiary/aromatic N) is 3. The number of hydrogen-bond acceptors (Lipinski definition) is 6. The Bertz CT molecular complexity index is 1320. The van der Waals surface area contributed by atoms with Gasteiger partial charge in [-0.3, -0.25) is 0 Å². The van der Waals surface area contributed by atoms with Gasteiger partial charge in [0.2, 0.25) is 10.0 Å². The third kappa shape index (κ3) is 5.17. The van der Waals surface area contributed by atoms with E-state index in [4.69, 9.17) is 15.5 Å². The molecule has 0 fully saturated rings. The second-order valence-corrected chi connectivity index (χ2v) is 9.51. The Balaban J connectivity index is 1.59. The van der Waals surface area contributed by atoms with E-state index >= 15 is 0 Å². The predicted octanol–water partition coefficient (Wildman–Crippen LogP) is 3.12. The standard InChI is InChI=1S/C23H27N5O3S/c1-32(29,30)25-14-8-15-28-20(13-7-16-31-17-9-3-2-4-10-17)27-21-22(28)18-11-5-6-12-19(18)26-23(21)24/h2-6,9-12,25H,7-8,13-16H2,1H3,(H2,24,26). The number of sulfonamides is 1. The number of aromatic nitrogens is 3. The Hall–Kier alpha value is -3.17. The summed E-state index contributed by atoms with van der Waals surface area (Å²) in [5.41, 5.74) is 8.67. The molecule has 4 aromatic rings. The molecule has 9 heteroatoms. The Morgan fingerprint density at radius 2 is 1.78 bits per heavy atom. The van der Waals surface area contributed by atoms with Gasteiger partial charge in [-0.25, -0.2) is 23.1 Å². The van der Waals surface area contributed by atoms with Crippen molar-refractivity contribution >= 4 is 37.8 Å². The third-order valence-corrected chi connectivity index (χ3v) is 5.90. The van der Waals surface area contributed by atoms with Crippen LogP contribution in [-0.2, 0) is 23.0 Å². The first kappa shape index (κ1) is 22.0. The van der Waals surface area contributed by atoms with Crippen molar-refractivity contribution in [2.24, 2.45) is 0 Å². The minimum absolute atomic E-state index is 0.355. The van der Waals surface area contributed by atoms with Gasteiger partial charge >= 0.3 is 0 Å². The molecule has 2 aromatic carbocycles. The lowest BCUT2D eigenvalue weighted by Crippen LogP contribution is -2.24. The highest BCUT2D eigenvalue weighted by Crippen LogP contribution is 2.29. The monoisotopic (exact) mass is 453 g/mol. The van der Waals surface area contributed by atoms with Crippen molar-refractivity contribution in [3.8, 4) is 5.75 Å². The van der Waals surface area contributed by atoms with Gasteiger partial charge in [0, 0.05) is 24.9 Å². The van der Waals surface area contributed by atoms with Crippen LogP contribution in [0.4, 0.5) is 5.82 Å². The van der Waals surface area contributed by atoms with Crippen LogP contribution in [-0.4, -0.2) is 42.4 Å². The predicted molar refractivity (Wildman–Crippen MR) is 127 cm³/mol. The van der Waals surface area contributed by atoms with Gasteiger partial charge in [-0.2, -0.15) is 0 Å². The maximum atomic E-state index is 11.4. The summed E-state index contributed by atoms with van der Waals surface area (Å²) in [5.74, 6) is 2.13. The molecule has 0 bridgehead atoms. The molecule has 2 heterocycles. The van der Waals surface area contributed by atoms with Gasteiger partial charge in [0.25, 0.3) is 0 Å². The molecule has 4 rings (SSSR count). The maximum Gasteiger partial charge on any atom is 0.208 e. The number of anilines is 1. The van der Waals surface area contributed by atoms with Crippen molar-refractivity contribution < 1.29 is 13.2 Å². The Kier molecular flexibility index (Phi) is 6.57. The number of hydrogen-bond donors (Lipinski definition) is 2. The number of ether oxygens (including phenoxy) is 1. The number of nitrogens with two attached hydrogens (primary N) is 1. The number of nitrogen functional groups attached to an aromatic ring is 1. The van der Waals surface area contributed by atoms with Crippen molar-refractivity contribution in [3.63, 3.8) is 0 Å². The van der Waals surface area contributed by atoms with Crippen molar-refractivity contribution in [2.45, 2.75) is 25.8 Å². The van der Waals surface area contributed by atoms with Crippen LogP contribution in [0.25, 0.3) is 21.9 Å². The molecule has 168 valence electrons. The minimum atomic E-state index is -3.22. The Morgan fingerprint density at radius 1 is 1.03 bits per heavy atom. The number of imidazole rings is 1. The summed E-state index contributed by atoms with van der Waals surface area (Å²) in [4.78, 5) is 9.32. The van der Waals surface area contributed by atoms with Crippen LogP contribution < -0.4 is 15.2 Å². The summed E-state index contributed by atoms with van der Waals surface area (Å²) in [5, 5.41) is 0.979. The zero-order chi connectivity index (χ0) is 22.6. The van der Waals surface area contributed by atoms with Gasteiger partial charge in [-0.15, -0.1) is 0 Å². The lowest BCUT2D eigenvalue weighted by Gasteiger charge is -2.11. The summed E-state index contributed by atoms with van der Waals surface area (Å²) in [6.07, 6.45) is 3.28. The van der Waals surface area contributed by atoms with Crippen LogP contribution >= 0.6 is 0 Å². The number of aryl methyl sites for hydroxylation is 2. The minimum Gasteiger partial charge on any atom is -0.494 e. The molecule has 0 unspecified atom stereocenters.